The van der Waals surface area contributed by atoms with Gasteiger partial charge in [0, 0.05) is 18.2 Å². The van der Waals surface area contributed by atoms with E-state index in [1.165, 1.54) is 16.5 Å². The number of amides is 1. The van der Waals surface area contributed by atoms with Crippen LogP contribution in [-0.2, 0) is 4.79 Å². The number of carbonyl (C=O) groups excluding carboxylic acids is 1. The summed E-state index contributed by atoms with van der Waals surface area (Å²) >= 11 is 0. The molecule has 0 aromatic heterocycles. The van der Waals surface area contributed by atoms with E-state index in [0.717, 1.165) is 31.4 Å². The maximum Gasteiger partial charge on any atom is 0.227 e. The first-order chi connectivity index (χ1) is 10.4. The zero-order chi connectivity index (χ0) is 15.9. The van der Waals surface area contributed by atoms with Crippen molar-refractivity contribution in [3.63, 3.8) is 0 Å². The van der Waals surface area contributed by atoms with Crippen LogP contribution >= 0.6 is 0 Å². The number of hydrogen-bond acceptors (Lipinski definition) is 2. The van der Waals surface area contributed by atoms with Gasteiger partial charge in [-0.05, 0) is 42.2 Å². The number of nitrogens with zero attached hydrogens (tertiary/aromatic N) is 1. The molecule has 2 aliphatic heterocycles. The minimum Gasteiger partial charge on any atom is -0.497 e. The molecule has 22 heavy (non-hydrogen) atoms. The van der Waals surface area contributed by atoms with E-state index in [1.54, 1.807) is 7.11 Å². The van der Waals surface area contributed by atoms with Crippen molar-refractivity contribution in [2.45, 2.75) is 51.4 Å². The third kappa shape index (κ3) is 2.60. The Morgan fingerprint density at radius 1 is 1.14 bits per heavy atom. The Morgan fingerprint density at radius 3 is 2.36 bits per heavy atom. The zero-order valence-electron chi connectivity index (χ0n) is 14.0. The Hall–Kier alpha value is -1.55. The predicted molar refractivity (Wildman–Crippen MR) is 92.4 cm³/mol. The monoisotopic (exact) mass is 315 g/mol. The quantitative estimate of drug-likeness (QED) is 0.787. The molecule has 0 spiro atoms. The fraction of sp³-hybridized carbons (Fsp3) is 0.500. The lowest BCUT2D eigenvalue weighted by molar-refractivity contribution is -0.126. The van der Waals surface area contributed by atoms with Gasteiger partial charge in [0.2, 0.25) is 5.91 Å². The second kappa shape index (κ2) is 5.58. The summed E-state index contributed by atoms with van der Waals surface area (Å²) in [4.78, 5) is 14.4. The van der Waals surface area contributed by atoms with E-state index in [4.69, 9.17) is 4.74 Å². The molecular weight excluding hydrogens is 290 g/mol. The molecule has 1 atom stereocenters. The van der Waals surface area contributed by atoms with E-state index in [2.05, 4.69) is 36.7 Å². The maximum absolute atomic E-state index is 12.3. The van der Waals surface area contributed by atoms with Crippen LogP contribution in [0.5, 0.6) is 5.75 Å². The van der Waals surface area contributed by atoms with Crippen LogP contribution in [0.2, 0.25) is 19.6 Å². The molecule has 2 fully saturated rings. The van der Waals surface area contributed by atoms with Crippen molar-refractivity contribution in [3.05, 3.63) is 35.5 Å². The molecule has 3 nitrogen and oxygen atoms in total. The lowest BCUT2D eigenvalue weighted by Crippen LogP contribution is -2.31. The van der Waals surface area contributed by atoms with E-state index in [-0.39, 0.29) is 0 Å². The molecule has 0 N–H and O–H groups in total. The normalized spacial score (nSPS) is 23.7. The lowest BCUT2D eigenvalue weighted by Gasteiger charge is -2.28. The number of ether oxygens (including phenoxy) is 1. The van der Waals surface area contributed by atoms with E-state index in [1.807, 2.05) is 12.1 Å². The summed E-state index contributed by atoms with van der Waals surface area (Å²) in [6, 6.07) is 8.79. The predicted octanol–water partition coefficient (Wildman–Crippen LogP) is 4.07. The van der Waals surface area contributed by atoms with Crippen LogP contribution in [0.4, 0.5) is 0 Å². The SMILES string of the molecule is COc1ccc(/C(=C2/CCC3CCC(=O)N23)[Si](C)(C)C)cc1. The molecule has 0 aliphatic carbocycles. The fourth-order valence-corrected chi connectivity index (χ4v) is 5.99. The highest BCUT2D eigenvalue weighted by Crippen LogP contribution is 2.42. The van der Waals surface area contributed by atoms with Gasteiger partial charge >= 0.3 is 0 Å². The summed E-state index contributed by atoms with van der Waals surface area (Å²) < 4.78 is 5.28. The highest BCUT2D eigenvalue weighted by atomic mass is 28.3. The molecule has 0 bridgehead atoms. The number of rotatable bonds is 3. The summed E-state index contributed by atoms with van der Waals surface area (Å²) in [7, 11) is 0.127. The Labute approximate surface area is 134 Å². The second-order valence-electron chi connectivity index (χ2n) is 7.30. The standard InChI is InChI=1S/C18H25NO2Si/c1-21-15-9-5-13(6-10-15)18(22(2,3)4)16-11-7-14-8-12-17(20)19(14)16/h5-6,9-10,14H,7-8,11-12H2,1-4H3/b18-16+. The molecule has 1 aromatic rings. The van der Waals surface area contributed by atoms with Gasteiger partial charge in [0.25, 0.3) is 0 Å². The van der Waals surface area contributed by atoms with Crippen LogP contribution in [0.25, 0.3) is 5.20 Å². The topological polar surface area (TPSA) is 29.5 Å². The first-order valence-electron chi connectivity index (χ1n) is 8.12. The van der Waals surface area contributed by atoms with Gasteiger partial charge in [-0.15, -0.1) is 0 Å². The number of allylic oxidation sites excluding steroid dienone is 1. The summed E-state index contributed by atoms with van der Waals surface area (Å²) in [5.41, 5.74) is 2.56. The molecule has 1 unspecified atom stereocenters. The molecule has 1 amide bonds. The van der Waals surface area contributed by atoms with Crippen molar-refractivity contribution in [2.24, 2.45) is 0 Å². The largest absolute Gasteiger partial charge is 0.497 e. The number of hydrogen-bond donors (Lipinski definition) is 0. The molecule has 4 heteroatoms. The molecule has 1 aromatic carbocycles. The van der Waals surface area contributed by atoms with E-state index >= 15 is 0 Å². The second-order valence-corrected chi connectivity index (χ2v) is 12.3. The van der Waals surface area contributed by atoms with Crippen LogP contribution < -0.4 is 4.74 Å². The highest BCUT2D eigenvalue weighted by molar-refractivity contribution is 6.93. The molecule has 2 saturated heterocycles. The smallest absolute Gasteiger partial charge is 0.227 e. The van der Waals surface area contributed by atoms with Gasteiger partial charge in [-0.25, -0.2) is 0 Å². The van der Waals surface area contributed by atoms with E-state index in [9.17, 15) is 4.79 Å². The molecule has 3 rings (SSSR count). The zero-order valence-corrected chi connectivity index (χ0v) is 15.0. The van der Waals surface area contributed by atoms with Gasteiger partial charge in [-0.1, -0.05) is 31.8 Å². The molecule has 0 saturated carbocycles. The summed E-state index contributed by atoms with van der Waals surface area (Å²) in [6.45, 7) is 7.11. The van der Waals surface area contributed by atoms with Gasteiger partial charge in [-0.2, -0.15) is 0 Å². The average molecular weight is 315 g/mol. The number of fused-ring (bicyclic) bond motifs is 1. The van der Waals surface area contributed by atoms with Crippen molar-refractivity contribution >= 4 is 19.2 Å². The Balaban J connectivity index is 2.10. The first kappa shape index (κ1) is 15.3. The Bertz CT molecular complexity index is 613. The molecule has 0 radical (unpaired) electrons. The van der Waals surface area contributed by atoms with E-state index < -0.39 is 8.07 Å². The van der Waals surface area contributed by atoms with Crippen molar-refractivity contribution in [1.29, 1.82) is 0 Å². The number of carbonyl (C=O) groups is 1. The molecule has 2 heterocycles. The molecule has 118 valence electrons. The van der Waals surface area contributed by atoms with Crippen LogP contribution in [-0.4, -0.2) is 32.0 Å². The highest BCUT2D eigenvalue weighted by Gasteiger charge is 2.41. The first-order valence-corrected chi connectivity index (χ1v) is 11.6. The lowest BCUT2D eigenvalue weighted by atomic mass is 10.1. The van der Waals surface area contributed by atoms with Gasteiger partial charge in [0.1, 0.15) is 5.75 Å². The van der Waals surface area contributed by atoms with Gasteiger partial charge < -0.3 is 9.64 Å². The van der Waals surface area contributed by atoms with Crippen LogP contribution in [0, 0.1) is 0 Å². The van der Waals surface area contributed by atoms with Crippen molar-refractivity contribution < 1.29 is 9.53 Å². The molecular formula is C18H25NO2Si. The van der Waals surface area contributed by atoms with Crippen molar-refractivity contribution in [2.75, 3.05) is 7.11 Å². The average Bonchev–Trinajstić information content (AvgIpc) is 3.03. The summed E-state index contributed by atoms with van der Waals surface area (Å²) in [6.07, 6.45) is 3.92. The fourth-order valence-electron chi connectivity index (χ4n) is 3.85. The maximum atomic E-state index is 12.3. The van der Waals surface area contributed by atoms with Crippen LogP contribution in [0.3, 0.4) is 0 Å². The third-order valence-corrected chi connectivity index (χ3v) is 6.82. The van der Waals surface area contributed by atoms with Crippen molar-refractivity contribution in [1.82, 2.24) is 4.90 Å². The summed E-state index contributed by atoms with van der Waals surface area (Å²) in [5.74, 6) is 1.20. The van der Waals surface area contributed by atoms with Gasteiger partial charge in [0.05, 0.1) is 15.2 Å². The molecule has 2 aliphatic rings. The third-order valence-electron chi connectivity index (χ3n) is 4.75. The van der Waals surface area contributed by atoms with Gasteiger partial charge in [-0.3, -0.25) is 4.79 Å². The minimum absolute atomic E-state index is 0.321. The van der Waals surface area contributed by atoms with E-state index in [0.29, 0.717) is 11.9 Å². The van der Waals surface area contributed by atoms with Crippen LogP contribution in [0.1, 0.15) is 31.2 Å². The van der Waals surface area contributed by atoms with Gasteiger partial charge in [0.15, 0.2) is 0 Å². The number of benzene rings is 1. The Morgan fingerprint density at radius 2 is 1.77 bits per heavy atom. The minimum atomic E-state index is -1.56. The summed E-state index contributed by atoms with van der Waals surface area (Å²) in [5, 5.41) is 1.44. The van der Waals surface area contributed by atoms with Crippen molar-refractivity contribution in [3.8, 4) is 5.75 Å². The number of methoxy groups -OCH3 is 1. The van der Waals surface area contributed by atoms with Crippen LogP contribution in [0.15, 0.2) is 30.0 Å². The Kier molecular flexibility index (Phi) is 3.89.